The van der Waals surface area contributed by atoms with Gasteiger partial charge in [0.1, 0.15) is 0 Å². The summed E-state index contributed by atoms with van der Waals surface area (Å²) in [6, 6.07) is 18.9. The van der Waals surface area contributed by atoms with Crippen molar-refractivity contribution in [1.29, 1.82) is 0 Å². The number of benzene rings is 2. The van der Waals surface area contributed by atoms with Crippen molar-refractivity contribution < 1.29 is 4.79 Å². The highest BCUT2D eigenvalue weighted by Gasteiger charge is 2.21. The van der Waals surface area contributed by atoms with Crippen molar-refractivity contribution in [2.24, 2.45) is 0 Å². The van der Waals surface area contributed by atoms with Gasteiger partial charge in [-0.3, -0.25) is 4.79 Å². The number of carbonyl (C=O) groups is 1. The molecule has 2 aromatic carbocycles. The van der Waals surface area contributed by atoms with Gasteiger partial charge in [0.25, 0.3) is 0 Å². The summed E-state index contributed by atoms with van der Waals surface area (Å²) in [7, 11) is 4.08. The minimum Gasteiger partial charge on any atom is -0.378 e. The zero-order chi connectivity index (χ0) is 19.6. The maximum Gasteiger partial charge on any atom is 0.223 e. The van der Waals surface area contributed by atoms with Gasteiger partial charge in [-0.05, 0) is 36.6 Å². The van der Waals surface area contributed by atoms with Crippen LogP contribution in [0.5, 0.6) is 0 Å². The van der Waals surface area contributed by atoms with Crippen molar-refractivity contribution in [3.8, 4) is 0 Å². The molecule has 0 N–H and O–H groups in total. The first-order valence-electron chi connectivity index (χ1n) is 10.1. The quantitative estimate of drug-likeness (QED) is 0.495. The Hall–Kier alpha value is -2.29. The molecule has 0 aliphatic heterocycles. The van der Waals surface area contributed by atoms with Crippen LogP contribution in [0.2, 0.25) is 0 Å². The summed E-state index contributed by atoms with van der Waals surface area (Å²) >= 11 is 0. The van der Waals surface area contributed by atoms with Crippen molar-refractivity contribution in [3.05, 3.63) is 65.7 Å². The van der Waals surface area contributed by atoms with Crippen LogP contribution in [0, 0.1) is 0 Å². The minimum atomic E-state index is 0.0680. The minimum absolute atomic E-state index is 0.0680. The Kier molecular flexibility index (Phi) is 8.38. The fraction of sp³-hybridized carbons (Fsp3) is 0.458. The van der Waals surface area contributed by atoms with E-state index in [1.807, 2.05) is 37.2 Å². The van der Waals surface area contributed by atoms with Gasteiger partial charge >= 0.3 is 0 Å². The van der Waals surface area contributed by atoms with E-state index < -0.39 is 0 Å². The number of hydrogen-bond donors (Lipinski definition) is 0. The molecule has 0 bridgehead atoms. The lowest BCUT2D eigenvalue weighted by atomic mass is 10.0. The lowest BCUT2D eigenvalue weighted by molar-refractivity contribution is -0.134. The van der Waals surface area contributed by atoms with Crippen LogP contribution < -0.4 is 4.90 Å². The molecule has 0 spiro atoms. The molecule has 2 aromatic rings. The summed E-state index contributed by atoms with van der Waals surface area (Å²) in [6.45, 7) is 4.98. The molecule has 2 rings (SSSR count). The van der Waals surface area contributed by atoms with Crippen LogP contribution in [-0.2, 0) is 11.3 Å². The summed E-state index contributed by atoms with van der Waals surface area (Å²) in [5.41, 5.74) is 3.53. The fourth-order valence-corrected chi connectivity index (χ4v) is 3.30. The summed E-state index contributed by atoms with van der Waals surface area (Å²) in [5, 5.41) is 0. The van der Waals surface area contributed by atoms with E-state index in [4.69, 9.17) is 0 Å². The van der Waals surface area contributed by atoms with E-state index in [2.05, 4.69) is 55.1 Å². The lowest BCUT2D eigenvalue weighted by Gasteiger charge is -2.30. The van der Waals surface area contributed by atoms with E-state index in [9.17, 15) is 4.79 Å². The van der Waals surface area contributed by atoms with Gasteiger partial charge in [0.15, 0.2) is 0 Å². The first-order chi connectivity index (χ1) is 13.0. The van der Waals surface area contributed by atoms with E-state index >= 15 is 0 Å². The van der Waals surface area contributed by atoms with E-state index in [1.54, 1.807) is 0 Å². The zero-order valence-corrected chi connectivity index (χ0v) is 17.3. The summed E-state index contributed by atoms with van der Waals surface area (Å²) in [4.78, 5) is 17.1. The van der Waals surface area contributed by atoms with Gasteiger partial charge in [-0.1, -0.05) is 68.7 Å². The van der Waals surface area contributed by atoms with E-state index in [1.165, 1.54) is 29.7 Å². The molecule has 0 heterocycles. The summed E-state index contributed by atoms with van der Waals surface area (Å²) in [5.74, 6) is 0.249. The van der Waals surface area contributed by atoms with Gasteiger partial charge < -0.3 is 9.80 Å². The van der Waals surface area contributed by atoms with E-state index in [0.717, 1.165) is 12.8 Å². The van der Waals surface area contributed by atoms with Gasteiger partial charge in [-0.2, -0.15) is 0 Å². The van der Waals surface area contributed by atoms with Crippen LogP contribution in [0.1, 0.15) is 63.1 Å². The first kappa shape index (κ1) is 21.0. The predicted octanol–water partition coefficient (Wildman–Crippen LogP) is 5.81. The van der Waals surface area contributed by atoms with Crippen molar-refractivity contribution >= 4 is 11.6 Å². The summed E-state index contributed by atoms with van der Waals surface area (Å²) < 4.78 is 0. The third-order valence-electron chi connectivity index (χ3n) is 5.12. The van der Waals surface area contributed by atoms with E-state index in [0.29, 0.717) is 13.0 Å². The molecule has 146 valence electrons. The summed E-state index contributed by atoms with van der Waals surface area (Å²) in [6.07, 6.45) is 5.13. The Bertz CT molecular complexity index is 679. The molecule has 3 nitrogen and oxygen atoms in total. The predicted molar refractivity (Wildman–Crippen MR) is 115 cm³/mol. The fourth-order valence-electron chi connectivity index (χ4n) is 3.30. The van der Waals surface area contributed by atoms with Crippen LogP contribution >= 0.6 is 0 Å². The maximum atomic E-state index is 13.0. The van der Waals surface area contributed by atoms with Crippen LogP contribution in [-0.4, -0.2) is 24.9 Å². The second-order valence-corrected chi connectivity index (χ2v) is 7.48. The Labute approximate surface area is 165 Å². The molecule has 0 fully saturated rings. The van der Waals surface area contributed by atoms with E-state index in [-0.39, 0.29) is 11.9 Å². The molecule has 27 heavy (non-hydrogen) atoms. The first-order valence-corrected chi connectivity index (χ1v) is 10.1. The SMILES string of the molecule is CCCCCCC(=O)N(Cc1ccc(N(C)C)cc1)C(C)c1ccccc1. The molecule has 0 saturated heterocycles. The third-order valence-corrected chi connectivity index (χ3v) is 5.12. The molecule has 1 unspecified atom stereocenters. The number of carbonyl (C=O) groups excluding carboxylic acids is 1. The zero-order valence-electron chi connectivity index (χ0n) is 17.3. The molecule has 0 radical (unpaired) electrons. The Morgan fingerprint density at radius 2 is 1.59 bits per heavy atom. The highest BCUT2D eigenvalue weighted by Crippen LogP contribution is 2.24. The molecule has 3 heteroatoms. The lowest BCUT2D eigenvalue weighted by Crippen LogP contribution is -2.33. The van der Waals surface area contributed by atoms with Crippen LogP contribution in [0.15, 0.2) is 54.6 Å². The average molecular weight is 367 g/mol. The third kappa shape index (κ3) is 6.42. The van der Waals surface area contributed by atoms with Gasteiger partial charge in [0.2, 0.25) is 5.91 Å². The normalized spacial score (nSPS) is 11.9. The Balaban J connectivity index is 2.14. The molecule has 1 atom stereocenters. The monoisotopic (exact) mass is 366 g/mol. The topological polar surface area (TPSA) is 23.6 Å². The Morgan fingerprint density at radius 1 is 0.926 bits per heavy atom. The standard InChI is InChI=1S/C24H34N2O/c1-5-6-7-11-14-24(27)26(20(2)22-12-9-8-10-13-22)19-21-15-17-23(18-16-21)25(3)4/h8-10,12-13,15-18,20H,5-7,11,14,19H2,1-4H3. The molecule has 0 aliphatic rings. The highest BCUT2D eigenvalue weighted by molar-refractivity contribution is 5.76. The number of hydrogen-bond acceptors (Lipinski definition) is 2. The largest absolute Gasteiger partial charge is 0.378 e. The molecule has 0 aromatic heterocycles. The second kappa shape index (κ2) is 10.8. The number of unbranched alkanes of at least 4 members (excludes halogenated alkanes) is 3. The van der Waals surface area contributed by atoms with Gasteiger partial charge in [-0.25, -0.2) is 0 Å². The van der Waals surface area contributed by atoms with Crippen LogP contribution in [0.3, 0.4) is 0 Å². The second-order valence-electron chi connectivity index (χ2n) is 7.48. The van der Waals surface area contributed by atoms with Crippen molar-refractivity contribution in [2.75, 3.05) is 19.0 Å². The highest BCUT2D eigenvalue weighted by atomic mass is 16.2. The number of rotatable bonds is 10. The van der Waals surface area contributed by atoms with Crippen molar-refractivity contribution in [3.63, 3.8) is 0 Å². The average Bonchev–Trinajstić information content (AvgIpc) is 2.69. The van der Waals surface area contributed by atoms with Crippen LogP contribution in [0.25, 0.3) is 0 Å². The van der Waals surface area contributed by atoms with Crippen molar-refractivity contribution in [1.82, 2.24) is 4.90 Å². The molecular weight excluding hydrogens is 332 g/mol. The number of anilines is 1. The smallest absolute Gasteiger partial charge is 0.223 e. The van der Waals surface area contributed by atoms with Gasteiger partial charge in [-0.15, -0.1) is 0 Å². The maximum absolute atomic E-state index is 13.0. The van der Waals surface area contributed by atoms with Crippen LogP contribution in [0.4, 0.5) is 5.69 Å². The number of nitrogens with zero attached hydrogens (tertiary/aromatic N) is 2. The van der Waals surface area contributed by atoms with Gasteiger partial charge in [0, 0.05) is 32.7 Å². The number of amides is 1. The molecule has 1 amide bonds. The molecule has 0 saturated carbocycles. The molecular formula is C24H34N2O. The van der Waals surface area contributed by atoms with Gasteiger partial charge in [0.05, 0.1) is 6.04 Å². The van der Waals surface area contributed by atoms with Crippen molar-refractivity contribution in [2.45, 2.75) is 58.5 Å². The molecule has 0 aliphatic carbocycles. The Morgan fingerprint density at radius 3 is 2.19 bits per heavy atom.